The van der Waals surface area contributed by atoms with Crippen LogP contribution < -0.4 is 4.90 Å². The number of hydrogen-bond acceptors (Lipinski definition) is 6. The Morgan fingerprint density at radius 1 is 1.15 bits per heavy atom. The number of carbonyl (C=O) groups excluding carboxylic acids is 3. The van der Waals surface area contributed by atoms with Gasteiger partial charge in [-0.15, -0.1) is 0 Å². The number of amides is 2. The summed E-state index contributed by atoms with van der Waals surface area (Å²) < 4.78 is 57.2. The van der Waals surface area contributed by atoms with E-state index in [0.717, 1.165) is 42.4 Å². The highest BCUT2D eigenvalue weighted by atomic mass is 19.4. The number of nitriles is 1. The highest BCUT2D eigenvalue weighted by molar-refractivity contribution is 5.88. The summed E-state index contributed by atoms with van der Waals surface area (Å²) in [5.41, 5.74) is -0.389. The highest BCUT2D eigenvalue weighted by Crippen LogP contribution is 2.29. The maximum atomic E-state index is 14.3. The number of carbonyl (C=O) groups is 3. The normalized spacial score (nSPS) is 12.7. The fraction of sp³-hybridized carbons (Fsp3) is 0.407. The molecule has 210 valence electrons. The Hall–Kier alpha value is -3.98. The van der Waals surface area contributed by atoms with E-state index in [-0.39, 0.29) is 23.8 Å². The van der Waals surface area contributed by atoms with Crippen LogP contribution >= 0.6 is 0 Å². The van der Waals surface area contributed by atoms with E-state index in [1.165, 1.54) is 36.2 Å². The lowest BCUT2D eigenvalue weighted by molar-refractivity contribution is -0.157. The summed E-state index contributed by atoms with van der Waals surface area (Å²) in [5, 5.41) is 11.9. The SMILES string of the molecule is CCCCOC(C)=O.N#Cc1ccc(N(C=O)CC(=O)N(Cc2ccc(C(F)(F)F)cc2)N2CCC2)c(F)c1. The zero-order chi connectivity index (χ0) is 29.0. The van der Waals surface area contributed by atoms with Crippen LogP contribution in [0.4, 0.5) is 23.2 Å². The topological polar surface area (TPSA) is 93.9 Å². The van der Waals surface area contributed by atoms with Crippen molar-refractivity contribution in [2.24, 2.45) is 0 Å². The van der Waals surface area contributed by atoms with E-state index in [9.17, 15) is 31.9 Å². The minimum absolute atomic E-state index is 0.0134. The quantitative estimate of drug-likeness (QED) is 0.185. The van der Waals surface area contributed by atoms with Crippen LogP contribution in [0, 0.1) is 17.1 Å². The molecule has 2 amide bonds. The molecule has 12 heteroatoms. The van der Waals surface area contributed by atoms with E-state index < -0.39 is 30.0 Å². The number of halogens is 4. The molecule has 0 atom stereocenters. The summed E-state index contributed by atoms with van der Waals surface area (Å²) in [5.74, 6) is -1.52. The second-order valence-corrected chi connectivity index (χ2v) is 8.66. The Kier molecular flexibility index (Phi) is 11.9. The van der Waals surface area contributed by atoms with Crippen LogP contribution in [0.3, 0.4) is 0 Å². The first kappa shape index (κ1) is 31.2. The lowest BCUT2D eigenvalue weighted by Crippen LogP contribution is -2.55. The number of nitrogens with zero attached hydrogens (tertiary/aromatic N) is 4. The number of ether oxygens (including phenoxy) is 1. The maximum absolute atomic E-state index is 14.3. The molecule has 39 heavy (non-hydrogen) atoms. The third kappa shape index (κ3) is 9.68. The minimum atomic E-state index is -4.46. The number of hydrazine groups is 1. The van der Waals surface area contributed by atoms with Crippen molar-refractivity contribution < 1.29 is 36.7 Å². The molecule has 1 aliphatic heterocycles. The number of benzene rings is 2. The van der Waals surface area contributed by atoms with E-state index in [1.807, 2.05) is 0 Å². The Morgan fingerprint density at radius 2 is 1.82 bits per heavy atom. The van der Waals surface area contributed by atoms with Crippen LogP contribution in [0.5, 0.6) is 0 Å². The van der Waals surface area contributed by atoms with Gasteiger partial charge >= 0.3 is 12.1 Å². The molecule has 0 bridgehead atoms. The van der Waals surface area contributed by atoms with Crippen molar-refractivity contribution in [1.82, 2.24) is 10.0 Å². The summed E-state index contributed by atoms with van der Waals surface area (Å²) in [6, 6.07) is 9.78. The minimum Gasteiger partial charge on any atom is -0.466 e. The lowest BCUT2D eigenvalue weighted by atomic mass is 10.1. The maximum Gasteiger partial charge on any atom is 0.416 e. The molecule has 2 aromatic carbocycles. The predicted molar refractivity (Wildman–Crippen MR) is 134 cm³/mol. The van der Waals surface area contributed by atoms with Crippen LogP contribution in [0.2, 0.25) is 0 Å². The largest absolute Gasteiger partial charge is 0.466 e. The molecule has 0 spiro atoms. The van der Waals surface area contributed by atoms with Gasteiger partial charge in [0.25, 0.3) is 5.91 Å². The number of rotatable bonds is 10. The molecule has 2 aromatic rings. The molecule has 1 aliphatic rings. The first-order chi connectivity index (χ1) is 18.5. The van der Waals surface area contributed by atoms with Gasteiger partial charge in [-0.1, -0.05) is 25.5 Å². The fourth-order valence-corrected chi connectivity index (χ4v) is 3.44. The molecule has 0 N–H and O–H groups in total. The van der Waals surface area contributed by atoms with Gasteiger partial charge < -0.3 is 9.64 Å². The van der Waals surface area contributed by atoms with Crippen LogP contribution in [0.1, 0.15) is 49.8 Å². The number of anilines is 1. The first-order valence-corrected chi connectivity index (χ1v) is 12.3. The van der Waals surface area contributed by atoms with Crippen LogP contribution in [-0.4, -0.2) is 54.5 Å². The summed E-state index contributed by atoms with van der Waals surface area (Å²) in [6.07, 6.45) is -1.25. The molecule has 0 radical (unpaired) electrons. The molecular formula is C27H30F4N4O4. The first-order valence-electron chi connectivity index (χ1n) is 12.3. The summed E-state index contributed by atoms with van der Waals surface area (Å²) in [6.45, 7) is 4.77. The Labute approximate surface area is 224 Å². The molecule has 1 saturated heterocycles. The zero-order valence-electron chi connectivity index (χ0n) is 21.7. The van der Waals surface area contributed by atoms with Crippen molar-refractivity contribution in [3.05, 3.63) is 65.0 Å². The average molecular weight is 551 g/mol. The summed E-state index contributed by atoms with van der Waals surface area (Å²) in [4.78, 5) is 35.4. The van der Waals surface area contributed by atoms with Gasteiger partial charge in [-0.3, -0.25) is 19.4 Å². The smallest absolute Gasteiger partial charge is 0.416 e. The Balaban J connectivity index is 0.000000580. The molecule has 0 saturated carbocycles. The van der Waals surface area contributed by atoms with Crippen LogP contribution in [0.15, 0.2) is 42.5 Å². The molecule has 1 heterocycles. The van der Waals surface area contributed by atoms with Gasteiger partial charge in [-0.2, -0.15) is 18.4 Å². The Bertz CT molecular complexity index is 1160. The summed E-state index contributed by atoms with van der Waals surface area (Å²) in [7, 11) is 0. The highest BCUT2D eigenvalue weighted by Gasteiger charge is 2.31. The van der Waals surface area contributed by atoms with Gasteiger partial charge in [-0.25, -0.2) is 9.40 Å². The predicted octanol–water partition coefficient (Wildman–Crippen LogP) is 4.68. The monoisotopic (exact) mass is 550 g/mol. The number of esters is 1. The lowest BCUT2D eigenvalue weighted by Gasteiger charge is -2.41. The van der Waals surface area contributed by atoms with E-state index in [0.29, 0.717) is 31.7 Å². The molecular weight excluding hydrogens is 520 g/mol. The molecule has 0 aliphatic carbocycles. The molecule has 0 aromatic heterocycles. The van der Waals surface area contributed by atoms with E-state index >= 15 is 0 Å². The van der Waals surface area contributed by atoms with Crippen LogP contribution in [0.25, 0.3) is 0 Å². The zero-order valence-corrected chi connectivity index (χ0v) is 21.7. The summed E-state index contributed by atoms with van der Waals surface area (Å²) >= 11 is 0. The molecule has 3 rings (SSSR count). The van der Waals surface area contributed by atoms with E-state index in [4.69, 9.17) is 5.26 Å². The standard InChI is InChI=1S/C21H18F4N4O2.C6H12O2/c22-18-10-16(11-26)4-7-19(18)27(14-30)13-20(31)29(28-8-1-9-28)12-15-2-5-17(6-3-15)21(23,24)25;1-3-4-5-8-6(2)7/h2-7,10,14H,1,8-9,12-13H2;3-5H2,1-2H3. The number of alkyl halides is 3. The van der Waals surface area contributed by atoms with Gasteiger partial charge in [0.15, 0.2) is 0 Å². The third-order valence-electron chi connectivity index (χ3n) is 5.70. The van der Waals surface area contributed by atoms with Crippen LogP contribution in [-0.2, 0) is 31.8 Å². The van der Waals surface area contributed by atoms with Crippen molar-refractivity contribution >= 4 is 24.0 Å². The Morgan fingerprint density at radius 3 is 2.28 bits per heavy atom. The van der Waals surface area contributed by atoms with Gasteiger partial charge in [0.05, 0.1) is 36.0 Å². The second-order valence-electron chi connectivity index (χ2n) is 8.66. The third-order valence-corrected chi connectivity index (χ3v) is 5.70. The van der Waals surface area contributed by atoms with Gasteiger partial charge in [0, 0.05) is 20.0 Å². The van der Waals surface area contributed by atoms with Gasteiger partial charge in [0.2, 0.25) is 6.41 Å². The van der Waals surface area contributed by atoms with Crippen molar-refractivity contribution in [3.8, 4) is 6.07 Å². The van der Waals surface area contributed by atoms with E-state index in [1.54, 1.807) is 11.1 Å². The fourth-order valence-electron chi connectivity index (χ4n) is 3.44. The van der Waals surface area contributed by atoms with Crippen molar-refractivity contribution in [1.29, 1.82) is 5.26 Å². The molecule has 1 fully saturated rings. The molecule has 8 nitrogen and oxygen atoms in total. The van der Waals surface area contributed by atoms with E-state index in [2.05, 4.69) is 11.7 Å². The van der Waals surface area contributed by atoms with Crippen molar-refractivity contribution in [2.75, 3.05) is 31.1 Å². The molecule has 0 unspecified atom stereocenters. The second kappa shape index (κ2) is 14.8. The average Bonchev–Trinajstić information content (AvgIpc) is 2.86. The van der Waals surface area contributed by atoms with Gasteiger partial charge in [0.1, 0.15) is 12.4 Å². The van der Waals surface area contributed by atoms with Crippen molar-refractivity contribution in [2.45, 2.75) is 45.8 Å². The number of hydrogen-bond donors (Lipinski definition) is 0. The number of unbranched alkanes of at least 4 members (excludes halogenated alkanes) is 1. The van der Waals surface area contributed by atoms with Crippen molar-refractivity contribution in [3.63, 3.8) is 0 Å². The van der Waals surface area contributed by atoms with Gasteiger partial charge in [-0.05, 0) is 48.7 Å².